The molecule has 0 amide bonds. The molecule has 0 atom stereocenters. The van der Waals surface area contributed by atoms with E-state index in [1.807, 2.05) is 4.90 Å². The number of hydrogen-bond acceptors (Lipinski definition) is 3. The van der Waals surface area contributed by atoms with Crippen molar-refractivity contribution in [3.63, 3.8) is 0 Å². The first-order chi connectivity index (χ1) is 7.70. The summed E-state index contributed by atoms with van der Waals surface area (Å²) < 4.78 is 24.1. The van der Waals surface area contributed by atoms with Crippen LogP contribution >= 0.6 is 0 Å². The highest BCUT2D eigenvalue weighted by molar-refractivity contribution is 7.85. The fourth-order valence-electron chi connectivity index (χ4n) is 1.79. The first kappa shape index (κ1) is 11.3. The smallest absolute Gasteiger partial charge is 0.152 e. The van der Waals surface area contributed by atoms with Gasteiger partial charge in [0.25, 0.3) is 0 Å². The topological polar surface area (TPSA) is 37.4 Å². The van der Waals surface area contributed by atoms with Crippen molar-refractivity contribution in [1.82, 2.24) is 0 Å². The summed E-state index contributed by atoms with van der Waals surface area (Å²) in [5, 5.41) is 0. The van der Waals surface area contributed by atoms with Gasteiger partial charge in [0.1, 0.15) is 5.82 Å². The molecule has 1 aromatic rings. The van der Waals surface area contributed by atoms with E-state index in [0.717, 1.165) is 5.69 Å². The Morgan fingerprint density at radius 2 is 2.00 bits per heavy atom. The summed E-state index contributed by atoms with van der Waals surface area (Å²) >= 11 is 0. The molecule has 1 saturated heterocycles. The molecule has 0 aromatic heterocycles. The molecular formula is C11H12FNO2S. The van der Waals surface area contributed by atoms with Crippen LogP contribution in [-0.4, -0.2) is 35.1 Å². The zero-order valence-corrected chi connectivity index (χ0v) is 9.50. The van der Waals surface area contributed by atoms with E-state index in [-0.39, 0.29) is 0 Å². The Bertz CT molecular complexity index is 426. The van der Waals surface area contributed by atoms with E-state index in [1.165, 1.54) is 12.1 Å². The van der Waals surface area contributed by atoms with Gasteiger partial charge in [-0.3, -0.25) is 9.00 Å². The van der Waals surface area contributed by atoms with Gasteiger partial charge in [0.15, 0.2) is 6.29 Å². The zero-order valence-electron chi connectivity index (χ0n) is 8.69. The van der Waals surface area contributed by atoms with Gasteiger partial charge in [-0.05, 0) is 18.2 Å². The van der Waals surface area contributed by atoms with Crippen molar-refractivity contribution in [1.29, 1.82) is 0 Å². The van der Waals surface area contributed by atoms with Gasteiger partial charge in [-0.25, -0.2) is 4.39 Å². The van der Waals surface area contributed by atoms with Gasteiger partial charge in [-0.15, -0.1) is 0 Å². The van der Waals surface area contributed by atoms with Crippen LogP contribution in [0.2, 0.25) is 0 Å². The van der Waals surface area contributed by atoms with Gasteiger partial charge in [0, 0.05) is 46.6 Å². The van der Waals surface area contributed by atoms with E-state index in [0.29, 0.717) is 36.4 Å². The van der Waals surface area contributed by atoms with E-state index in [1.54, 1.807) is 6.07 Å². The standard InChI is InChI=1S/C11H12FNO2S/c12-10-1-2-11(9(7-10)8-14)13-3-5-16(15)6-4-13/h1-2,7-8H,3-6H2. The predicted octanol–water partition coefficient (Wildman–Crippen LogP) is 1.21. The quantitative estimate of drug-likeness (QED) is 0.730. The lowest BCUT2D eigenvalue weighted by molar-refractivity contribution is 0.112. The van der Waals surface area contributed by atoms with Crippen LogP contribution in [0.25, 0.3) is 0 Å². The summed E-state index contributed by atoms with van der Waals surface area (Å²) in [7, 11) is -0.752. The molecule has 0 unspecified atom stereocenters. The maximum atomic E-state index is 12.9. The van der Waals surface area contributed by atoms with Crippen LogP contribution in [0.15, 0.2) is 18.2 Å². The molecule has 3 nitrogen and oxygen atoms in total. The number of carbonyl (C=O) groups is 1. The average Bonchev–Trinajstić information content (AvgIpc) is 2.30. The number of hydrogen-bond donors (Lipinski definition) is 0. The molecule has 16 heavy (non-hydrogen) atoms. The highest BCUT2D eigenvalue weighted by atomic mass is 32.2. The molecule has 0 spiro atoms. The summed E-state index contributed by atoms with van der Waals surface area (Å²) in [6.45, 7) is 1.30. The molecule has 1 aliphatic heterocycles. The first-order valence-corrected chi connectivity index (χ1v) is 6.54. The summed E-state index contributed by atoms with van der Waals surface area (Å²) in [6, 6.07) is 4.18. The van der Waals surface area contributed by atoms with Crippen LogP contribution in [0, 0.1) is 5.82 Å². The van der Waals surface area contributed by atoms with Crippen molar-refractivity contribution >= 4 is 22.8 Å². The fourth-order valence-corrected chi connectivity index (χ4v) is 2.84. The highest BCUT2D eigenvalue weighted by Crippen LogP contribution is 2.21. The minimum Gasteiger partial charge on any atom is -0.369 e. The number of carbonyl (C=O) groups excluding carboxylic acids is 1. The van der Waals surface area contributed by atoms with Crippen LogP contribution in [0.3, 0.4) is 0 Å². The van der Waals surface area contributed by atoms with Crippen molar-refractivity contribution in [2.24, 2.45) is 0 Å². The predicted molar refractivity (Wildman–Crippen MR) is 61.9 cm³/mol. The maximum Gasteiger partial charge on any atom is 0.152 e. The van der Waals surface area contributed by atoms with Crippen molar-refractivity contribution in [2.75, 3.05) is 29.5 Å². The molecule has 86 valence electrons. The number of anilines is 1. The number of nitrogens with zero attached hydrogens (tertiary/aromatic N) is 1. The lowest BCUT2D eigenvalue weighted by Gasteiger charge is -2.29. The lowest BCUT2D eigenvalue weighted by Crippen LogP contribution is -2.38. The number of aldehydes is 1. The molecular weight excluding hydrogens is 229 g/mol. The summed E-state index contributed by atoms with van der Waals surface area (Å²) in [5.41, 5.74) is 1.08. The Morgan fingerprint density at radius 1 is 1.31 bits per heavy atom. The van der Waals surface area contributed by atoms with Gasteiger partial charge >= 0.3 is 0 Å². The van der Waals surface area contributed by atoms with Crippen LogP contribution in [0.4, 0.5) is 10.1 Å². The molecule has 0 aliphatic carbocycles. The van der Waals surface area contributed by atoms with E-state index in [4.69, 9.17) is 0 Å². The molecule has 1 aliphatic rings. The van der Waals surface area contributed by atoms with Crippen LogP contribution in [0.5, 0.6) is 0 Å². The highest BCUT2D eigenvalue weighted by Gasteiger charge is 2.17. The largest absolute Gasteiger partial charge is 0.369 e. The summed E-state index contributed by atoms with van der Waals surface area (Å²) in [6.07, 6.45) is 0.657. The SMILES string of the molecule is O=Cc1cc(F)ccc1N1CCS(=O)CC1. The number of benzene rings is 1. The Morgan fingerprint density at radius 3 is 2.62 bits per heavy atom. The Kier molecular flexibility index (Phi) is 3.33. The van der Waals surface area contributed by atoms with Crippen molar-refractivity contribution in [3.8, 4) is 0 Å². The second kappa shape index (κ2) is 4.74. The van der Waals surface area contributed by atoms with E-state index < -0.39 is 16.6 Å². The molecule has 0 bridgehead atoms. The van der Waals surface area contributed by atoms with E-state index in [9.17, 15) is 13.4 Å². The van der Waals surface area contributed by atoms with Crippen LogP contribution < -0.4 is 4.90 Å². The third-order valence-corrected chi connectivity index (χ3v) is 3.91. The third kappa shape index (κ3) is 2.29. The Balaban J connectivity index is 2.26. The zero-order chi connectivity index (χ0) is 11.5. The van der Waals surface area contributed by atoms with Gasteiger partial charge in [0.2, 0.25) is 0 Å². The first-order valence-electron chi connectivity index (χ1n) is 5.05. The van der Waals surface area contributed by atoms with Crippen molar-refractivity contribution in [2.45, 2.75) is 0 Å². The van der Waals surface area contributed by atoms with Gasteiger partial charge < -0.3 is 4.90 Å². The molecule has 1 aromatic carbocycles. The number of rotatable bonds is 2. The Labute approximate surface area is 95.7 Å². The molecule has 1 heterocycles. The van der Waals surface area contributed by atoms with Crippen LogP contribution in [0.1, 0.15) is 10.4 Å². The lowest BCUT2D eigenvalue weighted by atomic mass is 10.1. The monoisotopic (exact) mass is 241 g/mol. The summed E-state index contributed by atoms with van der Waals surface area (Å²) in [4.78, 5) is 12.8. The van der Waals surface area contributed by atoms with E-state index in [2.05, 4.69) is 0 Å². The molecule has 0 N–H and O–H groups in total. The number of halogens is 1. The van der Waals surface area contributed by atoms with Crippen molar-refractivity contribution in [3.05, 3.63) is 29.6 Å². The van der Waals surface area contributed by atoms with Gasteiger partial charge in [-0.1, -0.05) is 0 Å². The Hall–Kier alpha value is -1.23. The third-order valence-electron chi connectivity index (χ3n) is 2.63. The normalized spacial score (nSPS) is 17.4. The minimum absolute atomic E-state index is 0.354. The average molecular weight is 241 g/mol. The summed E-state index contributed by atoms with van der Waals surface area (Å²) in [5.74, 6) is 0.803. The molecule has 5 heteroatoms. The minimum atomic E-state index is -0.752. The fraction of sp³-hybridized carbons (Fsp3) is 0.364. The molecule has 1 fully saturated rings. The van der Waals surface area contributed by atoms with Gasteiger partial charge in [-0.2, -0.15) is 0 Å². The van der Waals surface area contributed by atoms with Crippen molar-refractivity contribution < 1.29 is 13.4 Å². The second-order valence-electron chi connectivity index (χ2n) is 3.66. The van der Waals surface area contributed by atoms with E-state index >= 15 is 0 Å². The second-order valence-corrected chi connectivity index (χ2v) is 5.35. The molecule has 0 saturated carbocycles. The van der Waals surface area contributed by atoms with Crippen LogP contribution in [-0.2, 0) is 10.8 Å². The maximum absolute atomic E-state index is 12.9. The van der Waals surface area contributed by atoms with Gasteiger partial charge in [0.05, 0.1) is 0 Å². The molecule has 0 radical (unpaired) electrons. The molecule has 2 rings (SSSR count).